The minimum Gasteiger partial charge on any atom is -0.450 e. The molecule has 4 heteroatoms. The average molecular weight is 241 g/mol. The summed E-state index contributed by atoms with van der Waals surface area (Å²) >= 11 is 0. The fourth-order valence-electron chi connectivity index (χ4n) is 1.60. The van der Waals surface area contributed by atoms with E-state index in [-0.39, 0.29) is 6.09 Å². The van der Waals surface area contributed by atoms with E-state index < -0.39 is 8.07 Å². The number of nitrogens with zero attached hydrogens (tertiary/aromatic N) is 1. The minimum absolute atomic E-state index is 0.147. The van der Waals surface area contributed by atoms with Crippen LogP contribution in [0.25, 0.3) is 0 Å². The lowest BCUT2D eigenvalue weighted by atomic mass is 10.1. The van der Waals surface area contributed by atoms with E-state index in [2.05, 4.69) is 32.6 Å². The molecule has 1 rings (SSSR count). The van der Waals surface area contributed by atoms with E-state index in [4.69, 9.17) is 4.74 Å². The maximum Gasteiger partial charge on any atom is 0.410 e. The first-order valence-corrected chi connectivity index (χ1v) is 9.66. The SMILES string of the molecule is CC1=CCCN(C(=O)OCC[Si](C)(C)C)C1. The number of hydrogen-bond donors (Lipinski definition) is 0. The van der Waals surface area contributed by atoms with Crippen LogP contribution in [0.4, 0.5) is 4.79 Å². The van der Waals surface area contributed by atoms with Gasteiger partial charge in [-0.3, -0.25) is 0 Å². The molecule has 0 saturated carbocycles. The first kappa shape index (κ1) is 13.3. The second-order valence-electron chi connectivity index (χ2n) is 5.69. The molecule has 92 valence electrons. The van der Waals surface area contributed by atoms with Gasteiger partial charge >= 0.3 is 6.09 Å². The third kappa shape index (κ3) is 4.83. The van der Waals surface area contributed by atoms with E-state index in [0.29, 0.717) is 6.61 Å². The smallest absolute Gasteiger partial charge is 0.410 e. The van der Waals surface area contributed by atoms with Gasteiger partial charge in [-0.2, -0.15) is 0 Å². The normalized spacial score (nSPS) is 17.0. The van der Waals surface area contributed by atoms with Crippen LogP contribution in [0.3, 0.4) is 0 Å². The Bertz CT molecular complexity index is 281. The van der Waals surface area contributed by atoms with E-state index in [0.717, 1.165) is 25.6 Å². The molecule has 0 atom stereocenters. The second-order valence-corrected chi connectivity index (χ2v) is 11.3. The predicted molar refractivity (Wildman–Crippen MR) is 69.4 cm³/mol. The highest BCUT2D eigenvalue weighted by Crippen LogP contribution is 2.12. The zero-order valence-electron chi connectivity index (χ0n) is 10.9. The summed E-state index contributed by atoms with van der Waals surface area (Å²) in [4.78, 5) is 13.5. The number of rotatable bonds is 3. The molecule has 1 aliphatic heterocycles. The summed E-state index contributed by atoms with van der Waals surface area (Å²) in [6.07, 6.45) is 2.99. The summed E-state index contributed by atoms with van der Waals surface area (Å²) in [5, 5.41) is 0. The van der Waals surface area contributed by atoms with Crippen LogP contribution >= 0.6 is 0 Å². The van der Waals surface area contributed by atoms with Crippen molar-refractivity contribution in [2.24, 2.45) is 0 Å². The van der Waals surface area contributed by atoms with Crippen molar-refractivity contribution in [3.05, 3.63) is 11.6 Å². The minimum atomic E-state index is -1.09. The zero-order valence-corrected chi connectivity index (χ0v) is 11.9. The summed E-state index contributed by atoms with van der Waals surface area (Å²) < 4.78 is 5.30. The quantitative estimate of drug-likeness (QED) is 0.561. The van der Waals surface area contributed by atoms with Gasteiger partial charge in [-0.1, -0.05) is 31.3 Å². The zero-order chi connectivity index (χ0) is 12.2. The topological polar surface area (TPSA) is 29.5 Å². The lowest BCUT2D eigenvalue weighted by Gasteiger charge is -2.26. The molecular weight excluding hydrogens is 218 g/mol. The Morgan fingerprint density at radius 1 is 1.50 bits per heavy atom. The summed E-state index contributed by atoms with van der Waals surface area (Å²) in [6.45, 7) is 11.0. The van der Waals surface area contributed by atoms with Crippen LogP contribution in [0.15, 0.2) is 11.6 Å². The average Bonchev–Trinajstić information content (AvgIpc) is 2.15. The van der Waals surface area contributed by atoms with Gasteiger partial charge < -0.3 is 9.64 Å². The van der Waals surface area contributed by atoms with E-state index in [9.17, 15) is 4.79 Å². The van der Waals surface area contributed by atoms with Crippen LogP contribution in [0.1, 0.15) is 13.3 Å². The van der Waals surface area contributed by atoms with Crippen molar-refractivity contribution in [1.29, 1.82) is 0 Å². The molecule has 0 bridgehead atoms. The van der Waals surface area contributed by atoms with Crippen LogP contribution in [0.5, 0.6) is 0 Å². The Kier molecular flexibility index (Phi) is 4.59. The summed E-state index contributed by atoms with van der Waals surface area (Å²) in [5.74, 6) is 0. The molecule has 3 nitrogen and oxygen atoms in total. The van der Waals surface area contributed by atoms with Crippen LogP contribution in [-0.2, 0) is 4.74 Å². The van der Waals surface area contributed by atoms with Crippen LogP contribution in [0, 0.1) is 0 Å². The van der Waals surface area contributed by atoms with Crippen LogP contribution in [-0.4, -0.2) is 38.8 Å². The van der Waals surface area contributed by atoms with E-state index in [1.807, 2.05) is 0 Å². The van der Waals surface area contributed by atoms with Gasteiger partial charge in [-0.25, -0.2) is 4.79 Å². The number of ether oxygens (including phenoxy) is 1. The van der Waals surface area contributed by atoms with Crippen molar-refractivity contribution in [2.45, 2.75) is 39.0 Å². The van der Waals surface area contributed by atoms with E-state index in [1.165, 1.54) is 5.57 Å². The Labute approximate surface area is 99.5 Å². The Morgan fingerprint density at radius 2 is 2.19 bits per heavy atom. The van der Waals surface area contributed by atoms with Gasteiger partial charge in [0.15, 0.2) is 0 Å². The Hall–Kier alpha value is -0.773. The molecule has 0 fully saturated rings. The standard InChI is InChI=1S/C12H23NO2Si/c1-11-6-5-7-13(10-11)12(14)15-8-9-16(2,3)4/h6H,5,7-10H2,1-4H3. The molecule has 0 aromatic heterocycles. The second kappa shape index (κ2) is 5.52. The third-order valence-electron chi connectivity index (χ3n) is 2.67. The monoisotopic (exact) mass is 241 g/mol. The van der Waals surface area contributed by atoms with Crippen molar-refractivity contribution < 1.29 is 9.53 Å². The predicted octanol–water partition coefficient (Wildman–Crippen LogP) is 3.11. The van der Waals surface area contributed by atoms with Gasteiger partial charge in [0.25, 0.3) is 0 Å². The molecule has 0 aromatic rings. The molecule has 0 aliphatic carbocycles. The molecule has 0 radical (unpaired) electrons. The summed E-state index contributed by atoms with van der Waals surface area (Å²) in [5.41, 5.74) is 1.26. The van der Waals surface area contributed by atoms with Gasteiger partial charge in [0.05, 0.1) is 6.61 Å². The molecular formula is C12H23NO2Si. The first-order chi connectivity index (χ1) is 7.38. The Morgan fingerprint density at radius 3 is 2.75 bits per heavy atom. The van der Waals surface area contributed by atoms with Gasteiger partial charge in [0, 0.05) is 21.2 Å². The summed E-state index contributed by atoms with van der Waals surface area (Å²) in [7, 11) is -1.09. The van der Waals surface area contributed by atoms with Gasteiger partial charge in [-0.15, -0.1) is 0 Å². The lowest BCUT2D eigenvalue weighted by molar-refractivity contribution is 0.109. The molecule has 1 amide bonds. The number of hydrogen-bond acceptors (Lipinski definition) is 2. The number of carbonyl (C=O) groups excluding carboxylic acids is 1. The van der Waals surface area contributed by atoms with Crippen molar-refractivity contribution in [3.8, 4) is 0 Å². The summed E-state index contributed by atoms with van der Waals surface area (Å²) in [6, 6.07) is 1.04. The van der Waals surface area contributed by atoms with Crippen molar-refractivity contribution >= 4 is 14.2 Å². The van der Waals surface area contributed by atoms with Crippen LogP contribution < -0.4 is 0 Å². The molecule has 1 heterocycles. The molecule has 1 aliphatic rings. The molecule has 0 aromatic carbocycles. The molecule has 0 saturated heterocycles. The molecule has 0 spiro atoms. The first-order valence-electron chi connectivity index (χ1n) is 5.96. The lowest BCUT2D eigenvalue weighted by Crippen LogP contribution is -2.36. The highest BCUT2D eigenvalue weighted by atomic mass is 28.3. The fourth-order valence-corrected chi connectivity index (χ4v) is 2.32. The van der Waals surface area contributed by atoms with Gasteiger partial charge in [0.2, 0.25) is 0 Å². The molecule has 0 unspecified atom stereocenters. The fraction of sp³-hybridized carbons (Fsp3) is 0.750. The third-order valence-corrected chi connectivity index (χ3v) is 4.37. The number of amides is 1. The highest BCUT2D eigenvalue weighted by molar-refractivity contribution is 6.76. The van der Waals surface area contributed by atoms with E-state index in [1.54, 1.807) is 4.90 Å². The van der Waals surface area contributed by atoms with Crippen molar-refractivity contribution in [2.75, 3.05) is 19.7 Å². The van der Waals surface area contributed by atoms with Crippen molar-refractivity contribution in [1.82, 2.24) is 4.90 Å². The Balaban J connectivity index is 2.28. The molecule has 0 N–H and O–H groups in total. The van der Waals surface area contributed by atoms with Crippen LogP contribution in [0.2, 0.25) is 25.7 Å². The van der Waals surface area contributed by atoms with Crippen molar-refractivity contribution in [3.63, 3.8) is 0 Å². The largest absolute Gasteiger partial charge is 0.450 e. The maximum atomic E-state index is 11.7. The maximum absolute atomic E-state index is 11.7. The van der Waals surface area contributed by atoms with Gasteiger partial charge in [-0.05, 0) is 19.4 Å². The highest BCUT2D eigenvalue weighted by Gasteiger charge is 2.19. The molecule has 16 heavy (non-hydrogen) atoms. The number of carbonyl (C=O) groups is 1. The van der Waals surface area contributed by atoms with Gasteiger partial charge in [0.1, 0.15) is 0 Å². The van der Waals surface area contributed by atoms with E-state index >= 15 is 0 Å².